The number of carbonyl (C=O) groups excluding carboxylic acids is 1. The molecule has 0 radical (unpaired) electrons. The lowest BCUT2D eigenvalue weighted by Gasteiger charge is -2.37. The van der Waals surface area contributed by atoms with Gasteiger partial charge in [-0.2, -0.15) is 13.2 Å². The molecule has 3 aliphatic rings. The van der Waals surface area contributed by atoms with Gasteiger partial charge in [-0.3, -0.25) is 4.79 Å². The molecular formula is C23H28F4O4S. The van der Waals surface area contributed by atoms with Crippen molar-refractivity contribution >= 4 is 15.6 Å². The van der Waals surface area contributed by atoms with E-state index in [0.717, 1.165) is 18.9 Å². The first-order valence-electron chi connectivity index (χ1n) is 11.2. The molecule has 0 amide bonds. The SMILES string of the molecule is CC1(COc2cc(F)c(C(=O)CS(=O)(=O)C3CC3)cc2C2CC2)CCC(C(F)(F)F)CC1. The van der Waals surface area contributed by atoms with E-state index in [1.54, 1.807) is 0 Å². The van der Waals surface area contributed by atoms with Crippen LogP contribution in [0.5, 0.6) is 5.75 Å². The third-order valence-corrected chi connectivity index (χ3v) is 9.17. The Bertz CT molecular complexity index is 986. The highest BCUT2D eigenvalue weighted by atomic mass is 32.2. The third kappa shape index (κ3) is 5.29. The Balaban J connectivity index is 1.46. The van der Waals surface area contributed by atoms with Crippen LogP contribution in [-0.2, 0) is 9.84 Å². The first kappa shape index (κ1) is 23.5. The maximum absolute atomic E-state index is 14.8. The van der Waals surface area contributed by atoms with Crippen LogP contribution in [0.2, 0.25) is 0 Å². The van der Waals surface area contributed by atoms with Gasteiger partial charge in [0, 0.05) is 11.5 Å². The number of rotatable bonds is 8. The molecular weight excluding hydrogens is 448 g/mol. The van der Waals surface area contributed by atoms with Crippen molar-refractivity contribution in [2.45, 2.75) is 75.6 Å². The lowest BCUT2D eigenvalue weighted by molar-refractivity contribution is -0.187. The van der Waals surface area contributed by atoms with Crippen molar-refractivity contribution in [3.63, 3.8) is 0 Å². The van der Waals surface area contributed by atoms with Crippen LogP contribution in [0.1, 0.15) is 80.1 Å². The van der Waals surface area contributed by atoms with E-state index in [1.165, 1.54) is 6.07 Å². The van der Waals surface area contributed by atoms with Gasteiger partial charge in [0.25, 0.3) is 0 Å². The second kappa shape index (κ2) is 8.29. The van der Waals surface area contributed by atoms with Gasteiger partial charge in [-0.15, -0.1) is 0 Å². The zero-order valence-electron chi connectivity index (χ0n) is 18.0. The summed E-state index contributed by atoms with van der Waals surface area (Å²) >= 11 is 0. The summed E-state index contributed by atoms with van der Waals surface area (Å²) in [5.41, 5.74) is -0.00202. The van der Waals surface area contributed by atoms with E-state index in [2.05, 4.69) is 0 Å². The number of Topliss-reactive ketones (excluding diaryl/α,β-unsaturated/α-hetero) is 1. The molecule has 0 aliphatic heterocycles. The predicted octanol–water partition coefficient (Wildman–Crippen LogP) is 5.60. The highest BCUT2D eigenvalue weighted by Gasteiger charge is 2.45. The van der Waals surface area contributed by atoms with E-state index in [1.807, 2.05) is 6.92 Å². The van der Waals surface area contributed by atoms with Crippen LogP contribution in [0.3, 0.4) is 0 Å². The van der Waals surface area contributed by atoms with Gasteiger partial charge >= 0.3 is 6.18 Å². The van der Waals surface area contributed by atoms with Crippen molar-refractivity contribution in [3.8, 4) is 5.75 Å². The standard InChI is InChI=1S/C23H28F4O4S/c1-22(8-6-15(7-9-22)23(25,26)27)13-31-21-11-19(24)18(10-17(21)14-2-3-14)20(28)12-32(29,30)16-4-5-16/h10-11,14-16H,2-9,12-13H2,1H3. The minimum absolute atomic E-state index is 0.0517. The molecule has 3 aliphatic carbocycles. The van der Waals surface area contributed by atoms with Crippen LogP contribution in [0.25, 0.3) is 0 Å². The zero-order valence-corrected chi connectivity index (χ0v) is 18.8. The summed E-state index contributed by atoms with van der Waals surface area (Å²) < 4.78 is 83.8. The molecule has 0 heterocycles. The van der Waals surface area contributed by atoms with Crippen LogP contribution in [0.4, 0.5) is 17.6 Å². The van der Waals surface area contributed by atoms with Gasteiger partial charge in [0.05, 0.1) is 23.3 Å². The number of halogens is 4. The lowest BCUT2D eigenvalue weighted by atomic mass is 9.72. The summed E-state index contributed by atoms with van der Waals surface area (Å²) in [6, 6.07) is 2.55. The van der Waals surface area contributed by atoms with Crippen molar-refractivity contribution in [2.24, 2.45) is 11.3 Å². The Morgan fingerprint density at radius 3 is 2.25 bits per heavy atom. The number of hydrogen-bond acceptors (Lipinski definition) is 4. The van der Waals surface area contributed by atoms with Crippen molar-refractivity contribution < 1.29 is 35.5 Å². The molecule has 0 spiro atoms. The number of sulfone groups is 1. The Labute approximate surface area is 185 Å². The maximum atomic E-state index is 14.8. The van der Waals surface area contributed by atoms with Crippen molar-refractivity contribution in [1.82, 2.24) is 0 Å². The quantitative estimate of drug-likeness (QED) is 0.362. The third-order valence-electron chi connectivity index (χ3n) is 7.01. The minimum Gasteiger partial charge on any atom is -0.493 e. The Hall–Kier alpha value is -1.64. The van der Waals surface area contributed by atoms with E-state index in [9.17, 15) is 30.8 Å². The second-order valence-electron chi connectivity index (χ2n) is 9.99. The smallest absolute Gasteiger partial charge is 0.391 e. The van der Waals surface area contributed by atoms with E-state index < -0.39 is 49.9 Å². The highest BCUT2D eigenvalue weighted by Crippen LogP contribution is 2.48. The molecule has 4 rings (SSSR count). The van der Waals surface area contributed by atoms with Crippen LogP contribution >= 0.6 is 0 Å². The molecule has 0 unspecified atom stereocenters. The van der Waals surface area contributed by atoms with E-state index in [-0.39, 0.29) is 30.9 Å². The van der Waals surface area contributed by atoms with Gasteiger partial charge in [0.1, 0.15) is 17.3 Å². The van der Waals surface area contributed by atoms with E-state index in [0.29, 0.717) is 37.0 Å². The highest BCUT2D eigenvalue weighted by molar-refractivity contribution is 7.93. The van der Waals surface area contributed by atoms with Crippen LogP contribution in [-0.4, -0.2) is 38.0 Å². The fourth-order valence-electron chi connectivity index (χ4n) is 4.47. The van der Waals surface area contributed by atoms with Gasteiger partial charge in [-0.25, -0.2) is 12.8 Å². The average molecular weight is 477 g/mol. The Morgan fingerprint density at radius 1 is 1.09 bits per heavy atom. The van der Waals surface area contributed by atoms with Gasteiger partial charge in [-0.05, 0) is 68.9 Å². The number of hydrogen-bond donors (Lipinski definition) is 0. The molecule has 1 aromatic rings. The zero-order chi connectivity index (χ0) is 23.3. The average Bonchev–Trinajstić information content (AvgIpc) is 3.58. The summed E-state index contributed by atoms with van der Waals surface area (Å²) in [5, 5.41) is -0.492. The van der Waals surface area contributed by atoms with Crippen molar-refractivity contribution in [2.75, 3.05) is 12.4 Å². The molecule has 0 saturated heterocycles. The molecule has 3 saturated carbocycles. The number of benzene rings is 1. The monoisotopic (exact) mass is 476 g/mol. The molecule has 9 heteroatoms. The molecule has 178 valence electrons. The summed E-state index contributed by atoms with van der Waals surface area (Å²) in [6.07, 6.45) is -0.531. The molecule has 1 aromatic carbocycles. The fourth-order valence-corrected chi connectivity index (χ4v) is 6.08. The molecule has 4 nitrogen and oxygen atoms in total. The topological polar surface area (TPSA) is 60.4 Å². The van der Waals surface area contributed by atoms with Gasteiger partial charge in [0.2, 0.25) is 0 Å². The molecule has 0 N–H and O–H groups in total. The normalized spacial score (nSPS) is 26.7. The fraction of sp³-hybridized carbons (Fsp3) is 0.696. The Kier molecular flexibility index (Phi) is 6.09. The van der Waals surface area contributed by atoms with E-state index >= 15 is 0 Å². The van der Waals surface area contributed by atoms with Crippen LogP contribution < -0.4 is 4.74 Å². The molecule has 0 atom stereocenters. The molecule has 0 aromatic heterocycles. The maximum Gasteiger partial charge on any atom is 0.391 e. The number of carbonyl (C=O) groups is 1. The summed E-state index contributed by atoms with van der Waals surface area (Å²) in [4.78, 5) is 12.5. The van der Waals surface area contributed by atoms with Gasteiger partial charge < -0.3 is 4.74 Å². The summed E-state index contributed by atoms with van der Waals surface area (Å²) in [7, 11) is -3.55. The minimum atomic E-state index is -4.18. The molecule has 3 fully saturated rings. The number of ketones is 1. The Morgan fingerprint density at radius 2 is 1.72 bits per heavy atom. The number of ether oxygens (including phenoxy) is 1. The van der Waals surface area contributed by atoms with Crippen LogP contribution in [0.15, 0.2) is 12.1 Å². The largest absolute Gasteiger partial charge is 0.493 e. The number of alkyl halides is 3. The van der Waals surface area contributed by atoms with Crippen LogP contribution in [0, 0.1) is 17.2 Å². The lowest BCUT2D eigenvalue weighted by Crippen LogP contribution is -2.35. The second-order valence-corrected chi connectivity index (χ2v) is 12.3. The predicted molar refractivity (Wildman–Crippen MR) is 111 cm³/mol. The molecule has 0 bridgehead atoms. The summed E-state index contributed by atoms with van der Waals surface area (Å²) in [6.45, 7) is 2.05. The van der Waals surface area contributed by atoms with Gasteiger partial charge in [-0.1, -0.05) is 6.92 Å². The molecule has 32 heavy (non-hydrogen) atoms. The van der Waals surface area contributed by atoms with Gasteiger partial charge in [0.15, 0.2) is 15.6 Å². The first-order valence-corrected chi connectivity index (χ1v) is 12.9. The van der Waals surface area contributed by atoms with Crippen molar-refractivity contribution in [3.05, 3.63) is 29.1 Å². The first-order chi connectivity index (χ1) is 14.9. The van der Waals surface area contributed by atoms with Crippen molar-refractivity contribution in [1.29, 1.82) is 0 Å². The summed E-state index contributed by atoms with van der Waals surface area (Å²) in [5.74, 6) is -3.15. The van der Waals surface area contributed by atoms with E-state index in [4.69, 9.17) is 4.74 Å².